The molecule has 88 valence electrons. The number of anilines is 2. The number of carbonyl (C=O) groups excluding carboxylic acids is 1. The second kappa shape index (κ2) is 5.50. The van der Waals surface area contributed by atoms with Crippen LogP contribution in [0.2, 0.25) is 5.02 Å². The lowest BCUT2D eigenvalue weighted by Crippen LogP contribution is -2.37. The van der Waals surface area contributed by atoms with Gasteiger partial charge in [0.2, 0.25) is 11.9 Å². The van der Waals surface area contributed by atoms with Crippen molar-refractivity contribution in [1.82, 2.24) is 15.3 Å². The molecule has 1 unspecified atom stereocenters. The minimum Gasteiger partial charge on any atom is -0.368 e. The Labute approximate surface area is 98.6 Å². The molecular formula is C9H14ClN5O. The van der Waals surface area contributed by atoms with E-state index < -0.39 is 6.04 Å². The lowest BCUT2D eigenvalue weighted by atomic mass is 10.3. The van der Waals surface area contributed by atoms with E-state index in [1.54, 1.807) is 6.92 Å². The summed E-state index contributed by atoms with van der Waals surface area (Å²) in [5.41, 5.74) is 5.42. The van der Waals surface area contributed by atoms with E-state index in [1.807, 2.05) is 6.92 Å². The molecule has 1 atom stereocenters. The molecule has 0 fully saturated rings. The highest BCUT2D eigenvalue weighted by Crippen LogP contribution is 2.18. The van der Waals surface area contributed by atoms with E-state index in [4.69, 9.17) is 17.3 Å². The van der Waals surface area contributed by atoms with Crippen LogP contribution in [-0.4, -0.2) is 28.5 Å². The van der Waals surface area contributed by atoms with Crippen LogP contribution in [0.5, 0.6) is 0 Å². The molecule has 6 nitrogen and oxygen atoms in total. The zero-order valence-corrected chi connectivity index (χ0v) is 9.88. The molecule has 0 saturated heterocycles. The molecule has 16 heavy (non-hydrogen) atoms. The summed E-state index contributed by atoms with van der Waals surface area (Å²) in [6.45, 7) is 4.13. The number of nitrogens with one attached hydrogen (secondary N) is 2. The summed E-state index contributed by atoms with van der Waals surface area (Å²) in [5.74, 6) is 0.332. The third kappa shape index (κ3) is 3.23. The number of halogens is 1. The van der Waals surface area contributed by atoms with Gasteiger partial charge in [-0.05, 0) is 13.8 Å². The van der Waals surface area contributed by atoms with E-state index in [2.05, 4.69) is 20.6 Å². The van der Waals surface area contributed by atoms with Gasteiger partial charge in [-0.2, -0.15) is 4.98 Å². The van der Waals surface area contributed by atoms with Crippen LogP contribution >= 0.6 is 11.6 Å². The summed E-state index contributed by atoms with van der Waals surface area (Å²) in [6, 6.07) is -0.438. The van der Waals surface area contributed by atoms with Crippen molar-refractivity contribution < 1.29 is 4.79 Å². The summed E-state index contributed by atoms with van der Waals surface area (Å²) in [7, 11) is 0. The van der Waals surface area contributed by atoms with Gasteiger partial charge in [-0.25, -0.2) is 4.98 Å². The number of aromatic nitrogens is 2. The number of likely N-dealkylation sites (N-methyl/N-ethyl adjacent to an activating group) is 1. The fourth-order valence-corrected chi connectivity index (χ4v) is 1.23. The first-order chi connectivity index (χ1) is 7.54. The van der Waals surface area contributed by atoms with Crippen molar-refractivity contribution in [1.29, 1.82) is 0 Å². The summed E-state index contributed by atoms with van der Waals surface area (Å²) in [4.78, 5) is 19.1. The van der Waals surface area contributed by atoms with Crippen LogP contribution in [-0.2, 0) is 4.79 Å². The SMILES string of the molecule is CCNC(=O)C(C)Nc1nc(N)ncc1Cl. The van der Waals surface area contributed by atoms with Gasteiger partial charge in [-0.1, -0.05) is 11.6 Å². The van der Waals surface area contributed by atoms with Gasteiger partial charge in [0.1, 0.15) is 11.1 Å². The maximum Gasteiger partial charge on any atom is 0.242 e. The highest BCUT2D eigenvalue weighted by atomic mass is 35.5. The molecule has 1 heterocycles. The highest BCUT2D eigenvalue weighted by Gasteiger charge is 2.14. The largest absolute Gasteiger partial charge is 0.368 e. The first-order valence-corrected chi connectivity index (χ1v) is 5.24. The van der Waals surface area contributed by atoms with Crippen LogP contribution in [0.15, 0.2) is 6.20 Å². The predicted octanol–water partition coefficient (Wildman–Crippen LogP) is 0.649. The van der Waals surface area contributed by atoms with E-state index in [-0.39, 0.29) is 11.9 Å². The molecule has 0 aliphatic rings. The molecular weight excluding hydrogens is 230 g/mol. The van der Waals surface area contributed by atoms with Gasteiger partial charge in [0, 0.05) is 6.54 Å². The van der Waals surface area contributed by atoms with E-state index in [0.717, 1.165) is 0 Å². The van der Waals surface area contributed by atoms with Crippen LogP contribution in [0.25, 0.3) is 0 Å². The first kappa shape index (κ1) is 12.5. The number of carbonyl (C=O) groups is 1. The molecule has 7 heteroatoms. The highest BCUT2D eigenvalue weighted by molar-refractivity contribution is 6.32. The van der Waals surface area contributed by atoms with Gasteiger partial charge < -0.3 is 16.4 Å². The Morgan fingerprint density at radius 3 is 3.00 bits per heavy atom. The average Bonchev–Trinajstić information content (AvgIpc) is 2.23. The summed E-state index contributed by atoms with van der Waals surface area (Å²) >= 11 is 5.85. The molecule has 0 aliphatic heterocycles. The van der Waals surface area contributed by atoms with Crippen LogP contribution in [0.3, 0.4) is 0 Å². The van der Waals surface area contributed by atoms with Crippen molar-refractivity contribution in [3.63, 3.8) is 0 Å². The van der Waals surface area contributed by atoms with Gasteiger partial charge in [0.15, 0.2) is 5.82 Å². The smallest absolute Gasteiger partial charge is 0.242 e. The fraction of sp³-hybridized carbons (Fsp3) is 0.444. The number of amides is 1. The Morgan fingerprint density at radius 2 is 2.38 bits per heavy atom. The minimum absolute atomic E-state index is 0.106. The second-order valence-electron chi connectivity index (χ2n) is 3.19. The van der Waals surface area contributed by atoms with Crippen LogP contribution in [0.1, 0.15) is 13.8 Å². The summed E-state index contributed by atoms with van der Waals surface area (Å²) in [6.07, 6.45) is 1.39. The topological polar surface area (TPSA) is 92.9 Å². The van der Waals surface area contributed by atoms with Gasteiger partial charge in [-0.15, -0.1) is 0 Å². The molecule has 1 amide bonds. The zero-order chi connectivity index (χ0) is 12.1. The summed E-state index contributed by atoms with van der Waals surface area (Å²) in [5, 5.41) is 5.87. The number of nitrogens with two attached hydrogens (primary N) is 1. The third-order valence-corrected chi connectivity index (χ3v) is 2.14. The van der Waals surface area contributed by atoms with Crippen molar-refractivity contribution in [3.05, 3.63) is 11.2 Å². The maximum atomic E-state index is 11.5. The van der Waals surface area contributed by atoms with E-state index in [1.165, 1.54) is 6.20 Å². The van der Waals surface area contributed by atoms with E-state index in [9.17, 15) is 4.79 Å². The molecule has 0 aliphatic carbocycles. The normalized spacial score (nSPS) is 11.9. The Morgan fingerprint density at radius 1 is 1.69 bits per heavy atom. The van der Waals surface area contributed by atoms with Gasteiger partial charge in [-0.3, -0.25) is 4.79 Å². The summed E-state index contributed by atoms with van der Waals surface area (Å²) < 4.78 is 0. The van der Waals surface area contributed by atoms with Crippen molar-refractivity contribution in [2.45, 2.75) is 19.9 Å². The van der Waals surface area contributed by atoms with Crippen molar-refractivity contribution in [3.8, 4) is 0 Å². The molecule has 0 bridgehead atoms. The Hall–Kier alpha value is -1.56. The first-order valence-electron chi connectivity index (χ1n) is 4.86. The second-order valence-corrected chi connectivity index (χ2v) is 3.59. The Balaban J connectivity index is 2.72. The van der Waals surface area contributed by atoms with Crippen LogP contribution in [0.4, 0.5) is 11.8 Å². The van der Waals surface area contributed by atoms with Crippen LogP contribution in [0, 0.1) is 0 Å². The van der Waals surface area contributed by atoms with Crippen LogP contribution < -0.4 is 16.4 Å². The Bertz CT molecular complexity index is 384. The predicted molar refractivity (Wildman–Crippen MR) is 63.2 cm³/mol. The molecule has 0 spiro atoms. The number of rotatable bonds is 4. The molecule has 0 aromatic carbocycles. The van der Waals surface area contributed by atoms with Gasteiger partial charge in [0.25, 0.3) is 0 Å². The zero-order valence-electron chi connectivity index (χ0n) is 9.12. The minimum atomic E-state index is -0.438. The molecule has 1 aromatic heterocycles. The van der Waals surface area contributed by atoms with E-state index in [0.29, 0.717) is 17.4 Å². The molecule has 1 aromatic rings. The quantitative estimate of drug-likeness (QED) is 0.722. The number of hydrogen-bond acceptors (Lipinski definition) is 5. The Kier molecular flexibility index (Phi) is 4.30. The molecule has 4 N–H and O–H groups in total. The lowest BCUT2D eigenvalue weighted by molar-refractivity contribution is -0.121. The molecule has 1 rings (SSSR count). The van der Waals surface area contributed by atoms with Gasteiger partial charge >= 0.3 is 0 Å². The number of nitrogens with zero attached hydrogens (tertiary/aromatic N) is 2. The van der Waals surface area contributed by atoms with Crippen molar-refractivity contribution in [2.24, 2.45) is 0 Å². The standard InChI is InChI=1S/C9H14ClN5O/c1-3-12-8(16)5(2)14-7-6(10)4-13-9(11)15-7/h4-5H,3H2,1-2H3,(H,12,16)(H3,11,13,14,15). The lowest BCUT2D eigenvalue weighted by Gasteiger charge is -2.14. The third-order valence-electron chi connectivity index (χ3n) is 1.86. The monoisotopic (exact) mass is 243 g/mol. The average molecular weight is 244 g/mol. The fourth-order valence-electron chi connectivity index (χ4n) is 1.08. The van der Waals surface area contributed by atoms with Crippen molar-refractivity contribution in [2.75, 3.05) is 17.6 Å². The van der Waals surface area contributed by atoms with Crippen molar-refractivity contribution >= 4 is 29.3 Å². The molecule has 0 radical (unpaired) electrons. The number of hydrogen-bond donors (Lipinski definition) is 3. The van der Waals surface area contributed by atoms with E-state index >= 15 is 0 Å². The number of nitrogen functional groups attached to an aromatic ring is 1. The van der Waals surface area contributed by atoms with Gasteiger partial charge in [0.05, 0.1) is 6.20 Å². The maximum absolute atomic E-state index is 11.5. The molecule has 0 saturated carbocycles.